The quantitative estimate of drug-likeness (QED) is 0.407. The number of hydrogen-bond acceptors (Lipinski definition) is 7. The molecule has 2 N–H and O–H groups in total. The van der Waals surface area contributed by atoms with Crippen molar-refractivity contribution in [3.63, 3.8) is 0 Å². The number of nitrogens with zero attached hydrogens (tertiary/aromatic N) is 4. The Bertz CT molecular complexity index is 1170. The first-order chi connectivity index (χ1) is 16.8. The highest BCUT2D eigenvalue weighted by atomic mass is 32.1. The number of hydrogen-bond donors (Lipinski definition) is 2. The number of amides is 1. The monoisotopic (exact) mass is 476 g/mol. The summed E-state index contributed by atoms with van der Waals surface area (Å²) in [7, 11) is 0. The van der Waals surface area contributed by atoms with Gasteiger partial charge in [-0.2, -0.15) is 0 Å². The highest BCUT2D eigenvalue weighted by Gasteiger charge is 2.17. The highest BCUT2D eigenvalue weighted by Crippen LogP contribution is 2.31. The van der Waals surface area contributed by atoms with Crippen LogP contribution >= 0.6 is 11.3 Å². The smallest absolute Gasteiger partial charge is 0.274 e. The largest absolute Gasteiger partial charge is 0.367 e. The summed E-state index contributed by atoms with van der Waals surface area (Å²) in [6.45, 7) is 11.6. The SMILES string of the molecule is CC.CC.O=C(Nc1cnccc1N1CCNCC1)c1ccnc(-c2cc3ccccc3s2)n1. The van der Waals surface area contributed by atoms with E-state index in [0.717, 1.165) is 42.1 Å². The van der Waals surface area contributed by atoms with E-state index in [0.29, 0.717) is 17.2 Å². The average Bonchev–Trinajstić information content (AvgIpc) is 3.36. The molecule has 0 bridgehead atoms. The minimum Gasteiger partial charge on any atom is -0.367 e. The molecule has 8 heteroatoms. The van der Waals surface area contributed by atoms with Crippen molar-refractivity contribution in [2.45, 2.75) is 27.7 Å². The summed E-state index contributed by atoms with van der Waals surface area (Å²) in [5.74, 6) is 0.279. The number of aromatic nitrogens is 3. The van der Waals surface area contributed by atoms with Crippen molar-refractivity contribution in [3.8, 4) is 10.7 Å². The molecule has 0 saturated carbocycles. The summed E-state index contributed by atoms with van der Waals surface area (Å²) in [5, 5.41) is 7.47. The molecule has 0 atom stereocenters. The van der Waals surface area contributed by atoms with Crippen LogP contribution in [0.2, 0.25) is 0 Å². The number of piperazine rings is 1. The summed E-state index contributed by atoms with van der Waals surface area (Å²) in [6.07, 6.45) is 5.06. The van der Waals surface area contributed by atoms with Gasteiger partial charge in [0.2, 0.25) is 0 Å². The van der Waals surface area contributed by atoms with E-state index >= 15 is 0 Å². The zero-order valence-electron chi connectivity index (χ0n) is 20.2. The van der Waals surface area contributed by atoms with Crippen LogP contribution in [0.5, 0.6) is 0 Å². The minimum atomic E-state index is -0.274. The van der Waals surface area contributed by atoms with Gasteiger partial charge in [-0.25, -0.2) is 9.97 Å². The first-order valence-corrected chi connectivity index (χ1v) is 12.6. The van der Waals surface area contributed by atoms with Crippen LogP contribution in [0.25, 0.3) is 20.8 Å². The molecule has 1 aromatic carbocycles. The summed E-state index contributed by atoms with van der Waals surface area (Å²) in [6, 6.07) is 13.8. The molecule has 34 heavy (non-hydrogen) atoms. The maximum Gasteiger partial charge on any atom is 0.274 e. The second-order valence-electron chi connectivity index (χ2n) is 7.00. The third-order valence-electron chi connectivity index (χ3n) is 5.04. The van der Waals surface area contributed by atoms with E-state index in [9.17, 15) is 4.79 Å². The van der Waals surface area contributed by atoms with Gasteiger partial charge in [0.05, 0.1) is 22.4 Å². The zero-order chi connectivity index (χ0) is 24.3. The summed E-state index contributed by atoms with van der Waals surface area (Å²) in [4.78, 5) is 29.2. The van der Waals surface area contributed by atoms with E-state index in [2.05, 4.69) is 48.7 Å². The standard InChI is InChI=1S/C22H20N6OS.2C2H6/c29-22(27-17-14-24-7-6-18(17)28-11-9-23-10-12-28)16-5-8-25-21(26-16)20-13-15-3-1-2-4-19(15)30-20;2*1-2/h1-8,13-14,23H,9-12H2,(H,27,29);2*1-2H3. The highest BCUT2D eigenvalue weighted by molar-refractivity contribution is 7.22. The van der Waals surface area contributed by atoms with Gasteiger partial charge in [-0.15, -0.1) is 11.3 Å². The molecule has 1 aliphatic heterocycles. The van der Waals surface area contributed by atoms with E-state index in [-0.39, 0.29) is 5.91 Å². The Hall–Kier alpha value is -3.36. The van der Waals surface area contributed by atoms with E-state index in [1.807, 2.05) is 45.9 Å². The number of fused-ring (bicyclic) bond motifs is 1. The molecule has 1 aliphatic rings. The Morgan fingerprint density at radius 2 is 1.79 bits per heavy atom. The molecule has 0 radical (unpaired) electrons. The first kappa shape index (κ1) is 25.3. The van der Waals surface area contributed by atoms with Crippen molar-refractivity contribution in [1.82, 2.24) is 20.3 Å². The minimum absolute atomic E-state index is 0.274. The van der Waals surface area contributed by atoms with Crippen LogP contribution in [0.1, 0.15) is 38.2 Å². The lowest BCUT2D eigenvalue weighted by molar-refractivity contribution is 0.102. The molecule has 4 aromatic rings. The fraction of sp³-hybridized carbons (Fsp3) is 0.308. The lowest BCUT2D eigenvalue weighted by Crippen LogP contribution is -2.43. The molecule has 7 nitrogen and oxygen atoms in total. The number of nitrogens with one attached hydrogen (secondary N) is 2. The van der Waals surface area contributed by atoms with E-state index in [1.54, 1.807) is 36.0 Å². The van der Waals surface area contributed by atoms with Crippen LogP contribution in [0.15, 0.2) is 61.1 Å². The van der Waals surface area contributed by atoms with Crippen molar-refractivity contribution in [1.29, 1.82) is 0 Å². The summed E-state index contributed by atoms with van der Waals surface area (Å²) >= 11 is 1.62. The molecule has 1 amide bonds. The van der Waals surface area contributed by atoms with Crippen LogP contribution in [-0.2, 0) is 0 Å². The Kier molecular flexibility index (Phi) is 9.49. The van der Waals surface area contributed by atoms with Gasteiger partial charge in [0.15, 0.2) is 5.82 Å². The third kappa shape index (κ3) is 5.95. The number of carbonyl (C=O) groups excluding carboxylic acids is 1. The maximum atomic E-state index is 12.9. The van der Waals surface area contributed by atoms with E-state index in [1.165, 1.54) is 4.70 Å². The van der Waals surface area contributed by atoms with E-state index in [4.69, 9.17) is 0 Å². The molecule has 0 spiro atoms. The van der Waals surface area contributed by atoms with Gasteiger partial charge in [0, 0.05) is 43.3 Å². The number of pyridine rings is 1. The third-order valence-corrected chi connectivity index (χ3v) is 6.15. The number of benzene rings is 1. The normalized spacial score (nSPS) is 12.8. The molecule has 178 valence electrons. The Morgan fingerprint density at radius 3 is 2.56 bits per heavy atom. The van der Waals surface area contributed by atoms with Gasteiger partial charge < -0.3 is 15.5 Å². The van der Waals surface area contributed by atoms with Crippen LogP contribution in [0, 0.1) is 0 Å². The second kappa shape index (κ2) is 12.8. The predicted molar refractivity (Wildman–Crippen MR) is 143 cm³/mol. The lowest BCUT2D eigenvalue weighted by Gasteiger charge is -2.30. The maximum absolute atomic E-state index is 12.9. The zero-order valence-corrected chi connectivity index (χ0v) is 21.0. The number of thiophene rings is 1. The molecular formula is C26H32N6OS. The first-order valence-electron chi connectivity index (χ1n) is 11.8. The topological polar surface area (TPSA) is 83.0 Å². The second-order valence-corrected chi connectivity index (χ2v) is 8.08. The summed E-state index contributed by atoms with van der Waals surface area (Å²) in [5.41, 5.74) is 1.98. The summed E-state index contributed by atoms with van der Waals surface area (Å²) < 4.78 is 1.17. The molecule has 5 rings (SSSR count). The fourth-order valence-corrected chi connectivity index (χ4v) is 4.55. The van der Waals surface area contributed by atoms with Crippen molar-refractivity contribution < 1.29 is 4.79 Å². The average molecular weight is 477 g/mol. The fourth-order valence-electron chi connectivity index (χ4n) is 3.55. The van der Waals surface area contributed by atoms with Crippen molar-refractivity contribution >= 4 is 38.7 Å². The van der Waals surface area contributed by atoms with Crippen LogP contribution in [0.3, 0.4) is 0 Å². The van der Waals surface area contributed by atoms with E-state index < -0.39 is 0 Å². The molecule has 4 heterocycles. The number of rotatable bonds is 4. The van der Waals surface area contributed by atoms with Gasteiger partial charge in [-0.1, -0.05) is 45.9 Å². The Morgan fingerprint density at radius 1 is 1.03 bits per heavy atom. The molecule has 0 aliphatic carbocycles. The van der Waals surface area contributed by atoms with Crippen LogP contribution in [-0.4, -0.2) is 47.0 Å². The molecule has 3 aromatic heterocycles. The van der Waals surface area contributed by atoms with Gasteiger partial charge >= 0.3 is 0 Å². The number of carbonyl (C=O) groups is 1. The molecule has 0 unspecified atom stereocenters. The van der Waals surface area contributed by atoms with Gasteiger partial charge in [-0.05, 0) is 29.7 Å². The molecule has 1 saturated heterocycles. The molecular weight excluding hydrogens is 444 g/mol. The van der Waals surface area contributed by atoms with Gasteiger partial charge in [0.1, 0.15) is 5.69 Å². The van der Waals surface area contributed by atoms with Crippen molar-refractivity contribution in [2.24, 2.45) is 0 Å². The van der Waals surface area contributed by atoms with Gasteiger partial charge in [-0.3, -0.25) is 9.78 Å². The van der Waals surface area contributed by atoms with Crippen LogP contribution < -0.4 is 15.5 Å². The van der Waals surface area contributed by atoms with Gasteiger partial charge in [0.25, 0.3) is 5.91 Å². The molecule has 1 fully saturated rings. The Labute approximate surface area is 205 Å². The predicted octanol–water partition coefficient (Wildman–Crippen LogP) is 5.47. The van der Waals surface area contributed by atoms with Crippen molar-refractivity contribution in [2.75, 3.05) is 36.4 Å². The lowest BCUT2D eigenvalue weighted by atomic mass is 10.2. The van der Waals surface area contributed by atoms with Crippen LogP contribution in [0.4, 0.5) is 11.4 Å². The van der Waals surface area contributed by atoms with Crippen molar-refractivity contribution in [3.05, 3.63) is 66.7 Å². The number of anilines is 2. The Balaban J connectivity index is 0.000000771.